The Hall–Kier alpha value is -2.26. The third-order valence-electron chi connectivity index (χ3n) is 4.49. The number of rotatable bonds is 6. The topological polar surface area (TPSA) is 117 Å². The zero-order chi connectivity index (χ0) is 18.7. The van der Waals surface area contributed by atoms with Gasteiger partial charge in [0.2, 0.25) is 10.0 Å². The molecule has 1 heterocycles. The molecule has 0 radical (unpaired) electrons. The second kappa shape index (κ2) is 7.55. The van der Waals surface area contributed by atoms with E-state index in [4.69, 9.17) is 9.88 Å². The van der Waals surface area contributed by atoms with E-state index in [2.05, 4.69) is 10.1 Å². The fourth-order valence-electron chi connectivity index (χ4n) is 3.22. The summed E-state index contributed by atoms with van der Waals surface area (Å²) in [5.74, 6) is 0.621. The zero-order valence-electron chi connectivity index (χ0n) is 14.6. The van der Waals surface area contributed by atoms with Crippen molar-refractivity contribution in [1.82, 2.24) is 14.8 Å². The molecule has 1 aromatic heterocycles. The maximum atomic E-state index is 12.0. The van der Waals surface area contributed by atoms with Crippen LogP contribution >= 0.6 is 0 Å². The third-order valence-corrected chi connectivity index (χ3v) is 5.42. The Morgan fingerprint density at radius 1 is 1.27 bits per heavy atom. The Labute approximate surface area is 152 Å². The van der Waals surface area contributed by atoms with Gasteiger partial charge in [0.1, 0.15) is 5.82 Å². The summed E-state index contributed by atoms with van der Waals surface area (Å²) in [4.78, 5) is 16.4. The number of nitrogens with zero attached hydrogens (tertiary/aromatic N) is 3. The van der Waals surface area contributed by atoms with Gasteiger partial charge in [0.15, 0.2) is 0 Å². The second-order valence-electron chi connectivity index (χ2n) is 6.38. The van der Waals surface area contributed by atoms with Crippen LogP contribution in [0, 0.1) is 5.92 Å². The molecule has 8 nitrogen and oxygen atoms in total. The van der Waals surface area contributed by atoms with Crippen molar-refractivity contribution in [3.8, 4) is 5.69 Å². The highest BCUT2D eigenvalue weighted by atomic mass is 32.2. The van der Waals surface area contributed by atoms with E-state index in [-0.39, 0.29) is 17.3 Å². The van der Waals surface area contributed by atoms with Crippen LogP contribution in [0.25, 0.3) is 5.69 Å². The number of ether oxygens (including phenoxy) is 1. The molecule has 0 amide bonds. The first-order valence-electron chi connectivity index (χ1n) is 8.64. The molecule has 0 saturated heterocycles. The molecule has 1 saturated carbocycles. The van der Waals surface area contributed by atoms with Crippen LogP contribution in [0.3, 0.4) is 0 Å². The lowest BCUT2D eigenvalue weighted by Crippen LogP contribution is -2.12. The normalized spacial score (nSPS) is 15.3. The van der Waals surface area contributed by atoms with Crippen molar-refractivity contribution in [3.05, 3.63) is 35.9 Å². The lowest BCUT2D eigenvalue weighted by Gasteiger charge is -2.10. The molecule has 2 aromatic rings. The average Bonchev–Trinajstić information content (AvgIpc) is 3.25. The monoisotopic (exact) mass is 378 g/mol. The van der Waals surface area contributed by atoms with Crippen LogP contribution in [-0.2, 0) is 21.2 Å². The van der Waals surface area contributed by atoms with Gasteiger partial charge >= 0.3 is 5.97 Å². The van der Waals surface area contributed by atoms with Crippen LogP contribution < -0.4 is 5.14 Å². The van der Waals surface area contributed by atoms with Crippen molar-refractivity contribution in [3.63, 3.8) is 0 Å². The van der Waals surface area contributed by atoms with E-state index in [1.165, 1.54) is 25.0 Å². The SMILES string of the molecule is CCOC(=O)c1nc(CC2CCCC2)n(-c2ccc(S(N)(=O)=O)cc2)n1. The number of hydrogen-bond donors (Lipinski definition) is 1. The van der Waals surface area contributed by atoms with Crippen molar-refractivity contribution in [1.29, 1.82) is 0 Å². The Balaban J connectivity index is 1.96. The predicted molar refractivity (Wildman–Crippen MR) is 94.4 cm³/mol. The number of esters is 1. The highest BCUT2D eigenvalue weighted by Crippen LogP contribution is 2.28. The van der Waals surface area contributed by atoms with Crippen LogP contribution in [0.4, 0.5) is 0 Å². The van der Waals surface area contributed by atoms with Gasteiger partial charge in [0.05, 0.1) is 17.2 Å². The van der Waals surface area contributed by atoms with Gasteiger partial charge < -0.3 is 4.74 Å². The van der Waals surface area contributed by atoms with E-state index in [1.807, 2.05) is 0 Å². The highest BCUT2D eigenvalue weighted by molar-refractivity contribution is 7.89. The fourth-order valence-corrected chi connectivity index (χ4v) is 3.73. The summed E-state index contributed by atoms with van der Waals surface area (Å²) in [7, 11) is -3.77. The van der Waals surface area contributed by atoms with E-state index in [1.54, 1.807) is 23.7 Å². The molecule has 9 heteroatoms. The first-order valence-corrected chi connectivity index (χ1v) is 10.2. The van der Waals surface area contributed by atoms with E-state index in [0.29, 0.717) is 23.9 Å². The number of primary sulfonamides is 1. The van der Waals surface area contributed by atoms with E-state index in [0.717, 1.165) is 12.8 Å². The number of hydrogen-bond acceptors (Lipinski definition) is 6. The van der Waals surface area contributed by atoms with Crippen LogP contribution in [0.15, 0.2) is 29.2 Å². The first-order chi connectivity index (χ1) is 12.4. The molecule has 1 aromatic carbocycles. The van der Waals surface area contributed by atoms with Gasteiger partial charge in [-0.25, -0.2) is 28.0 Å². The number of aromatic nitrogens is 3. The van der Waals surface area contributed by atoms with Crippen LogP contribution in [-0.4, -0.2) is 35.8 Å². The van der Waals surface area contributed by atoms with Crippen LogP contribution in [0.5, 0.6) is 0 Å². The average molecular weight is 378 g/mol. The van der Waals surface area contributed by atoms with Gasteiger partial charge in [-0.05, 0) is 37.1 Å². The minimum Gasteiger partial charge on any atom is -0.460 e. The first kappa shape index (κ1) is 18.5. The number of carbonyl (C=O) groups is 1. The van der Waals surface area contributed by atoms with Gasteiger partial charge in [-0.1, -0.05) is 25.7 Å². The summed E-state index contributed by atoms with van der Waals surface area (Å²) in [5.41, 5.74) is 0.619. The van der Waals surface area contributed by atoms with Crippen LogP contribution in [0.2, 0.25) is 0 Å². The molecule has 26 heavy (non-hydrogen) atoms. The molecule has 1 fully saturated rings. The second-order valence-corrected chi connectivity index (χ2v) is 7.94. The van der Waals surface area contributed by atoms with Gasteiger partial charge in [0.25, 0.3) is 5.82 Å². The Bertz CT molecular complexity index is 884. The number of benzene rings is 1. The van der Waals surface area contributed by atoms with E-state index >= 15 is 0 Å². The van der Waals surface area contributed by atoms with Gasteiger partial charge in [-0.2, -0.15) is 0 Å². The zero-order valence-corrected chi connectivity index (χ0v) is 15.4. The molecule has 0 unspecified atom stereocenters. The molecule has 1 aliphatic carbocycles. The van der Waals surface area contributed by atoms with E-state index < -0.39 is 16.0 Å². The summed E-state index contributed by atoms with van der Waals surface area (Å²) in [5, 5.41) is 9.42. The smallest absolute Gasteiger partial charge is 0.378 e. The van der Waals surface area contributed by atoms with Crippen molar-refractivity contribution in [2.75, 3.05) is 6.61 Å². The van der Waals surface area contributed by atoms with Crippen molar-refractivity contribution < 1.29 is 17.9 Å². The Morgan fingerprint density at radius 3 is 2.50 bits per heavy atom. The van der Waals surface area contributed by atoms with Gasteiger partial charge in [0, 0.05) is 6.42 Å². The summed E-state index contributed by atoms with van der Waals surface area (Å²) in [6, 6.07) is 6.02. The standard InChI is InChI=1S/C17H22N4O4S/c1-2-25-17(22)16-19-15(11-12-5-3-4-6-12)21(20-16)13-7-9-14(10-8-13)26(18,23)24/h7-10,12H,2-6,11H2,1H3,(H2,18,23,24). The van der Waals surface area contributed by atoms with Crippen molar-refractivity contribution in [2.45, 2.75) is 43.9 Å². The van der Waals surface area contributed by atoms with Gasteiger partial charge in [-0.15, -0.1) is 5.10 Å². The molecule has 0 bridgehead atoms. The predicted octanol–water partition coefficient (Wildman–Crippen LogP) is 1.82. The lowest BCUT2D eigenvalue weighted by atomic mass is 10.0. The number of carbonyl (C=O) groups excluding carboxylic acids is 1. The molecular weight excluding hydrogens is 356 g/mol. The summed E-state index contributed by atoms with van der Waals surface area (Å²) in [6.45, 7) is 1.97. The van der Waals surface area contributed by atoms with E-state index in [9.17, 15) is 13.2 Å². The van der Waals surface area contributed by atoms with Gasteiger partial charge in [-0.3, -0.25) is 0 Å². The molecule has 0 spiro atoms. The quantitative estimate of drug-likeness (QED) is 0.766. The molecular formula is C17H22N4O4S. The Morgan fingerprint density at radius 2 is 1.92 bits per heavy atom. The van der Waals surface area contributed by atoms with Crippen molar-refractivity contribution in [2.24, 2.45) is 11.1 Å². The summed E-state index contributed by atoms with van der Waals surface area (Å²) >= 11 is 0. The summed E-state index contributed by atoms with van der Waals surface area (Å²) < 4.78 is 29.4. The molecule has 0 aliphatic heterocycles. The largest absolute Gasteiger partial charge is 0.460 e. The third kappa shape index (κ3) is 4.10. The maximum absolute atomic E-state index is 12.0. The molecule has 140 valence electrons. The lowest BCUT2D eigenvalue weighted by molar-refractivity contribution is 0.0512. The fraction of sp³-hybridized carbons (Fsp3) is 0.471. The van der Waals surface area contributed by atoms with Crippen molar-refractivity contribution >= 4 is 16.0 Å². The Kier molecular flexibility index (Phi) is 5.38. The number of sulfonamides is 1. The number of nitrogens with two attached hydrogens (primary N) is 1. The maximum Gasteiger partial charge on any atom is 0.378 e. The molecule has 0 atom stereocenters. The summed E-state index contributed by atoms with van der Waals surface area (Å²) in [6.07, 6.45) is 5.38. The highest BCUT2D eigenvalue weighted by Gasteiger charge is 2.23. The minimum atomic E-state index is -3.77. The molecule has 1 aliphatic rings. The molecule has 3 rings (SSSR count). The molecule has 2 N–H and O–H groups in total. The van der Waals surface area contributed by atoms with Crippen LogP contribution in [0.1, 0.15) is 49.1 Å². The minimum absolute atomic E-state index is 0.00960.